The molecule has 2 aromatic rings. The number of hydrogen-bond donors (Lipinski definition) is 1. The van der Waals surface area contributed by atoms with E-state index in [1.165, 1.54) is 17.0 Å². The molecule has 21 heavy (non-hydrogen) atoms. The van der Waals surface area contributed by atoms with E-state index in [1.807, 2.05) is 23.1 Å². The van der Waals surface area contributed by atoms with Gasteiger partial charge in [-0.25, -0.2) is 4.79 Å². The Hall–Kier alpha value is -2.15. The quantitative estimate of drug-likeness (QED) is 0.924. The molecule has 1 N–H and O–H groups in total. The summed E-state index contributed by atoms with van der Waals surface area (Å²) in [5, 5.41) is 10.9. The minimum absolute atomic E-state index is 0.105. The van der Waals surface area contributed by atoms with E-state index in [2.05, 4.69) is 39.5 Å². The van der Waals surface area contributed by atoms with E-state index in [0.717, 1.165) is 13.1 Å². The Morgan fingerprint density at radius 3 is 2.81 bits per heavy atom. The predicted molar refractivity (Wildman–Crippen MR) is 83.8 cm³/mol. The molecule has 1 atom stereocenters. The monoisotopic (exact) mass is 303 g/mol. The van der Waals surface area contributed by atoms with Crippen molar-refractivity contribution in [2.45, 2.75) is 13.0 Å². The van der Waals surface area contributed by atoms with E-state index in [1.54, 1.807) is 5.51 Å². The molecule has 110 valence electrons. The number of anilines is 2. The van der Waals surface area contributed by atoms with Gasteiger partial charge in [-0.1, -0.05) is 29.5 Å². The molecular formula is C14H17N5OS. The second kappa shape index (κ2) is 6.09. The van der Waals surface area contributed by atoms with Crippen molar-refractivity contribution >= 4 is 28.2 Å². The van der Waals surface area contributed by atoms with Crippen LogP contribution in [0, 0.1) is 0 Å². The van der Waals surface area contributed by atoms with Crippen LogP contribution in [0.5, 0.6) is 0 Å². The first kappa shape index (κ1) is 13.8. The number of benzene rings is 1. The zero-order chi connectivity index (χ0) is 14.7. The average molecular weight is 303 g/mol. The van der Waals surface area contributed by atoms with Gasteiger partial charge in [-0.3, -0.25) is 5.32 Å². The van der Waals surface area contributed by atoms with Gasteiger partial charge in [0.05, 0.1) is 0 Å². The van der Waals surface area contributed by atoms with Crippen molar-refractivity contribution in [2.24, 2.45) is 0 Å². The lowest BCUT2D eigenvalue weighted by molar-refractivity contribution is 0.185. The lowest BCUT2D eigenvalue weighted by Gasteiger charge is -2.40. The largest absolute Gasteiger partial charge is 0.368 e. The Balaban J connectivity index is 1.62. The van der Waals surface area contributed by atoms with Gasteiger partial charge >= 0.3 is 6.03 Å². The molecule has 0 radical (unpaired) electrons. The predicted octanol–water partition coefficient (Wildman–Crippen LogP) is 2.28. The molecule has 1 fully saturated rings. The van der Waals surface area contributed by atoms with Gasteiger partial charge in [0.25, 0.3) is 0 Å². The molecule has 0 spiro atoms. The maximum atomic E-state index is 12.3. The van der Waals surface area contributed by atoms with Crippen LogP contribution in [0.15, 0.2) is 35.8 Å². The Morgan fingerprint density at radius 2 is 2.14 bits per heavy atom. The van der Waals surface area contributed by atoms with Crippen LogP contribution >= 0.6 is 11.3 Å². The standard InChI is InChI=1S/C14H17N5OS/c1-11-9-18(12-5-3-2-4-6-12)7-8-19(11)14(20)16-13-17-15-10-21-13/h2-6,10-11H,7-9H2,1H3,(H,16,17,20). The van der Waals surface area contributed by atoms with Gasteiger partial charge in [-0.05, 0) is 19.1 Å². The number of hydrogen-bond acceptors (Lipinski definition) is 5. The molecule has 1 unspecified atom stereocenters. The summed E-state index contributed by atoms with van der Waals surface area (Å²) in [4.78, 5) is 16.4. The Labute approximate surface area is 127 Å². The molecule has 7 heteroatoms. The highest BCUT2D eigenvalue weighted by Crippen LogP contribution is 2.19. The van der Waals surface area contributed by atoms with Crippen molar-refractivity contribution in [3.8, 4) is 0 Å². The second-order valence-corrected chi connectivity index (χ2v) is 5.83. The fourth-order valence-corrected chi connectivity index (χ4v) is 2.96. The first-order valence-corrected chi connectivity index (χ1v) is 7.76. The summed E-state index contributed by atoms with van der Waals surface area (Å²) >= 11 is 1.32. The van der Waals surface area contributed by atoms with Crippen LogP contribution in [-0.2, 0) is 0 Å². The van der Waals surface area contributed by atoms with Crippen molar-refractivity contribution in [1.82, 2.24) is 15.1 Å². The van der Waals surface area contributed by atoms with Crippen LogP contribution in [0.4, 0.5) is 15.6 Å². The summed E-state index contributed by atoms with van der Waals surface area (Å²) in [5.41, 5.74) is 2.81. The van der Waals surface area contributed by atoms with Gasteiger partial charge in [0.2, 0.25) is 5.13 Å². The Bertz CT molecular complexity index is 589. The number of nitrogens with one attached hydrogen (secondary N) is 1. The number of para-hydroxylation sites is 1. The van der Waals surface area contributed by atoms with Crippen molar-refractivity contribution in [2.75, 3.05) is 29.9 Å². The fourth-order valence-electron chi connectivity index (χ4n) is 2.52. The van der Waals surface area contributed by atoms with E-state index in [4.69, 9.17) is 0 Å². The van der Waals surface area contributed by atoms with E-state index >= 15 is 0 Å². The number of carbonyl (C=O) groups is 1. The van der Waals surface area contributed by atoms with Crippen LogP contribution in [0.2, 0.25) is 0 Å². The lowest BCUT2D eigenvalue weighted by Crippen LogP contribution is -2.55. The highest BCUT2D eigenvalue weighted by Gasteiger charge is 2.27. The number of aromatic nitrogens is 2. The van der Waals surface area contributed by atoms with E-state index < -0.39 is 0 Å². The number of urea groups is 1. The highest BCUT2D eigenvalue weighted by molar-refractivity contribution is 7.13. The van der Waals surface area contributed by atoms with Crippen LogP contribution in [0.3, 0.4) is 0 Å². The summed E-state index contributed by atoms with van der Waals surface area (Å²) in [6.07, 6.45) is 0. The summed E-state index contributed by atoms with van der Waals surface area (Å²) in [7, 11) is 0. The number of rotatable bonds is 2. The normalized spacial score (nSPS) is 18.6. The molecule has 1 saturated heterocycles. The van der Waals surface area contributed by atoms with Crippen molar-refractivity contribution in [1.29, 1.82) is 0 Å². The minimum Gasteiger partial charge on any atom is -0.368 e. The molecule has 1 aliphatic heterocycles. The highest BCUT2D eigenvalue weighted by atomic mass is 32.1. The summed E-state index contributed by atoms with van der Waals surface area (Å²) in [6.45, 7) is 4.42. The Morgan fingerprint density at radius 1 is 1.33 bits per heavy atom. The molecular weight excluding hydrogens is 286 g/mol. The third-order valence-corrected chi connectivity index (χ3v) is 4.19. The summed E-state index contributed by atoms with van der Waals surface area (Å²) < 4.78 is 0. The van der Waals surface area contributed by atoms with Crippen LogP contribution < -0.4 is 10.2 Å². The average Bonchev–Trinajstić information content (AvgIpc) is 3.01. The SMILES string of the molecule is CC1CN(c2ccccc2)CCN1C(=O)Nc1nncs1. The lowest BCUT2D eigenvalue weighted by atomic mass is 10.1. The van der Waals surface area contributed by atoms with Gasteiger partial charge in [0, 0.05) is 31.4 Å². The second-order valence-electron chi connectivity index (χ2n) is 5.00. The van der Waals surface area contributed by atoms with Gasteiger partial charge < -0.3 is 9.80 Å². The first-order chi connectivity index (χ1) is 10.2. The Kier molecular flexibility index (Phi) is 4.01. The molecule has 0 aliphatic carbocycles. The zero-order valence-corrected chi connectivity index (χ0v) is 12.6. The van der Waals surface area contributed by atoms with Crippen molar-refractivity contribution < 1.29 is 4.79 Å². The van der Waals surface area contributed by atoms with Crippen LogP contribution in [0.25, 0.3) is 0 Å². The number of amides is 2. The number of piperazine rings is 1. The maximum absolute atomic E-state index is 12.3. The molecule has 2 amide bonds. The van der Waals surface area contributed by atoms with E-state index in [0.29, 0.717) is 11.7 Å². The number of nitrogens with zero attached hydrogens (tertiary/aromatic N) is 4. The molecule has 1 aromatic heterocycles. The van der Waals surface area contributed by atoms with Gasteiger partial charge in [0.15, 0.2) is 0 Å². The van der Waals surface area contributed by atoms with Gasteiger partial charge in [-0.2, -0.15) is 0 Å². The number of carbonyl (C=O) groups excluding carboxylic acids is 1. The van der Waals surface area contributed by atoms with Crippen molar-refractivity contribution in [3.05, 3.63) is 35.8 Å². The van der Waals surface area contributed by atoms with Gasteiger partial charge in [-0.15, -0.1) is 10.2 Å². The van der Waals surface area contributed by atoms with Gasteiger partial charge in [0.1, 0.15) is 5.51 Å². The molecule has 2 heterocycles. The van der Waals surface area contributed by atoms with Crippen LogP contribution in [-0.4, -0.2) is 46.8 Å². The topological polar surface area (TPSA) is 61.4 Å². The van der Waals surface area contributed by atoms with Crippen LogP contribution in [0.1, 0.15) is 6.92 Å². The van der Waals surface area contributed by atoms with E-state index in [-0.39, 0.29) is 12.1 Å². The molecule has 0 saturated carbocycles. The fraction of sp³-hybridized carbons (Fsp3) is 0.357. The molecule has 1 aliphatic rings. The zero-order valence-electron chi connectivity index (χ0n) is 11.8. The molecule has 3 rings (SSSR count). The summed E-state index contributed by atoms with van der Waals surface area (Å²) in [5.74, 6) is 0. The third kappa shape index (κ3) is 3.13. The molecule has 6 nitrogen and oxygen atoms in total. The molecule has 0 bridgehead atoms. The van der Waals surface area contributed by atoms with E-state index in [9.17, 15) is 4.79 Å². The minimum atomic E-state index is -0.105. The molecule has 1 aromatic carbocycles. The first-order valence-electron chi connectivity index (χ1n) is 6.88. The summed E-state index contributed by atoms with van der Waals surface area (Å²) in [6, 6.07) is 10.3. The smallest absolute Gasteiger partial charge is 0.324 e. The van der Waals surface area contributed by atoms with Crippen molar-refractivity contribution in [3.63, 3.8) is 0 Å². The maximum Gasteiger partial charge on any atom is 0.324 e. The third-order valence-electron chi connectivity index (χ3n) is 3.58.